The lowest BCUT2D eigenvalue weighted by Gasteiger charge is -2.14. The molecule has 0 fully saturated rings. The molecule has 0 atom stereocenters. The van der Waals surface area contributed by atoms with Crippen LogP contribution in [0, 0.1) is 6.92 Å². The van der Waals surface area contributed by atoms with Gasteiger partial charge in [0.15, 0.2) is 0 Å². The second-order valence-electron chi connectivity index (χ2n) is 7.46. The van der Waals surface area contributed by atoms with Crippen molar-refractivity contribution in [3.8, 4) is 17.2 Å². The van der Waals surface area contributed by atoms with Crippen LogP contribution in [-0.4, -0.2) is 35.2 Å². The van der Waals surface area contributed by atoms with Gasteiger partial charge < -0.3 is 19.5 Å². The lowest BCUT2D eigenvalue weighted by molar-refractivity contribution is -0.116. The Hall–Kier alpha value is -3.72. The quantitative estimate of drug-likeness (QED) is 0.385. The van der Waals surface area contributed by atoms with E-state index in [2.05, 4.69) is 10.0 Å². The predicted molar refractivity (Wildman–Crippen MR) is 131 cm³/mol. The average molecular weight is 485 g/mol. The summed E-state index contributed by atoms with van der Waals surface area (Å²) in [6.07, 6.45) is 0.732. The molecule has 3 rings (SSSR count). The number of hydrogen-bond donors (Lipinski definition) is 2. The maximum atomic E-state index is 13.0. The third kappa shape index (κ3) is 6.64. The molecule has 180 valence electrons. The summed E-state index contributed by atoms with van der Waals surface area (Å²) < 4.78 is 44.5. The number of aryl methyl sites for hydroxylation is 1. The van der Waals surface area contributed by atoms with Crippen molar-refractivity contribution in [2.75, 3.05) is 30.9 Å². The first kappa shape index (κ1) is 24.9. The summed E-state index contributed by atoms with van der Waals surface area (Å²) >= 11 is 0. The van der Waals surface area contributed by atoms with Crippen LogP contribution in [-0.2, 0) is 14.8 Å². The summed E-state index contributed by atoms with van der Waals surface area (Å²) in [6.45, 7) is 2.06. The molecular weight excluding hydrogens is 456 g/mol. The summed E-state index contributed by atoms with van der Waals surface area (Å²) in [5.74, 6) is 1.61. The van der Waals surface area contributed by atoms with Crippen molar-refractivity contribution in [2.24, 2.45) is 0 Å². The van der Waals surface area contributed by atoms with Crippen LogP contribution in [0.5, 0.6) is 17.2 Å². The summed E-state index contributed by atoms with van der Waals surface area (Å²) in [6, 6.07) is 18.7. The first-order chi connectivity index (χ1) is 16.3. The number of nitrogens with one attached hydrogen (secondary N) is 2. The van der Waals surface area contributed by atoms with Crippen LogP contribution in [0.15, 0.2) is 71.6 Å². The van der Waals surface area contributed by atoms with Crippen LogP contribution in [0.4, 0.5) is 11.4 Å². The summed E-state index contributed by atoms with van der Waals surface area (Å²) in [5, 5.41) is 2.75. The molecule has 9 heteroatoms. The van der Waals surface area contributed by atoms with Crippen LogP contribution < -0.4 is 24.2 Å². The van der Waals surface area contributed by atoms with Gasteiger partial charge in [0.1, 0.15) is 17.2 Å². The Bertz CT molecular complexity index is 1230. The SMILES string of the molecule is COc1ccc(OCCCC(=O)Nc2ccc(C)c(S(=O)(=O)Nc3ccccc3OC)c2)cc1. The molecule has 0 bridgehead atoms. The fourth-order valence-electron chi connectivity index (χ4n) is 3.21. The van der Waals surface area contributed by atoms with Gasteiger partial charge in [0.2, 0.25) is 5.91 Å². The summed E-state index contributed by atoms with van der Waals surface area (Å²) in [7, 11) is -0.838. The van der Waals surface area contributed by atoms with E-state index in [1.165, 1.54) is 13.2 Å². The Balaban J connectivity index is 1.58. The van der Waals surface area contributed by atoms with E-state index in [4.69, 9.17) is 14.2 Å². The molecule has 3 aromatic rings. The zero-order valence-corrected chi connectivity index (χ0v) is 20.1. The Morgan fingerprint density at radius 1 is 0.912 bits per heavy atom. The smallest absolute Gasteiger partial charge is 0.262 e. The van der Waals surface area contributed by atoms with E-state index in [1.54, 1.807) is 74.7 Å². The standard InChI is InChI=1S/C25H28N2O6S/c1-18-10-11-19(17-24(18)34(29,30)27-22-7-4-5-8-23(22)32-3)26-25(28)9-6-16-33-21-14-12-20(31-2)13-15-21/h4-5,7-8,10-15,17,27H,6,9,16H2,1-3H3,(H,26,28). The van der Waals surface area contributed by atoms with Crippen LogP contribution >= 0.6 is 0 Å². The van der Waals surface area contributed by atoms with Crippen molar-refractivity contribution < 1.29 is 27.4 Å². The Labute approximate surface area is 199 Å². The maximum Gasteiger partial charge on any atom is 0.262 e. The molecule has 0 aliphatic rings. The van der Waals surface area contributed by atoms with Crippen LogP contribution in [0.1, 0.15) is 18.4 Å². The third-order valence-electron chi connectivity index (χ3n) is 4.99. The number of sulfonamides is 1. The van der Waals surface area contributed by atoms with Gasteiger partial charge in [-0.25, -0.2) is 8.42 Å². The normalized spacial score (nSPS) is 10.9. The van der Waals surface area contributed by atoms with E-state index in [1.807, 2.05) is 0 Å². The highest BCUT2D eigenvalue weighted by molar-refractivity contribution is 7.92. The van der Waals surface area contributed by atoms with Gasteiger partial charge >= 0.3 is 0 Å². The minimum atomic E-state index is -3.90. The lowest BCUT2D eigenvalue weighted by Crippen LogP contribution is -2.17. The first-order valence-electron chi connectivity index (χ1n) is 10.7. The van der Waals surface area contributed by atoms with Gasteiger partial charge in [-0.05, 0) is 67.4 Å². The number of carbonyl (C=O) groups is 1. The van der Waals surface area contributed by atoms with E-state index >= 15 is 0 Å². The van der Waals surface area contributed by atoms with Gasteiger partial charge in [0.25, 0.3) is 10.0 Å². The molecule has 0 aliphatic carbocycles. The highest BCUT2D eigenvalue weighted by Crippen LogP contribution is 2.28. The second-order valence-corrected chi connectivity index (χ2v) is 9.11. The number of rotatable bonds is 11. The van der Waals surface area contributed by atoms with Crippen LogP contribution in [0.25, 0.3) is 0 Å². The zero-order valence-electron chi connectivity index (χ0n) is 19.3. The molecule has 2 N–H and O–H groups in total. The largest absolute Gasteiger partial charge is 0.497 e. The molecule has 0 unspecified atom stereocenters. The van der Waals surface area contributed by atoms with Crippen molar-refractivity contribution in [2.45, 2.75) is 24.7 Å². The summed E-state index contributed by atoms with van der Waals surface area (Å²) in [5.41, 5.74) is 1.27. The number of anilines is 2. The minimum absolute atomic E-state index is 0.0686. The van der Waals surface area contributed by atoms with Crippen molar-refractivity contribution in [1.82, 2.24) is 0 Å². The highest BCUT2D eigenvalue weighted by Gasteiger charge is 2.20. The minimum Gasteiger partial charge on any atom is -0.497 e. The van der Waals surface area contributed by atoms with Gasteiger partial charge in [0, 0.05) is 12.1 Å². The number of benzene rings is 3. The fourth-order valence-corrected chi connectivity index (χ4v) is 4.56. The van der Waals surface area contributed by atoms with Gasteiger partial charge in [-0.1, -0.05) is 18.2 Å². The molecule has 0 radical (unpaired) electrons. The first-order valence-corrected chi connectivity index (χ1v) is 12.1. The number of amides is 1. The molecule has 0 saturated heterocycles. The zero-order chi connectivity index (χ0) is 24.6. The van der Waals surface area contributed by atoms with E-state index < -0.39 is 10.0 Å². The Morgan fingerprint density at radius 2 is 1.62 bits per heavy atom. The Kier molecular flexibility index (Phi) is 8.37. The number of para-hydroxylation sites is 2. The molecule has 0 spiro atoms. The molecule has 34 heavy (non-hydrogen) atoms. The predicted octanol–water partition coefficient (Wildman–Crippen LogP) is 4.61. The maximum absolute atomic E-state index is 13.0. The van der Waals surface area contributed by atoms with Crippen molar-refractivity contribution >= 4 is 27.3 Å². The molecule has 0 saturated carbocycles. The van der Waals surface area contributed by atoms with Gasteiger partial charge in [-0.2, -0.15) is 0 Å². The molecule has 0 aliphatic heterocycles. The number of ether oxygens (including phenoxy) is 3. The van der Waals surface area contributed by atoms with Crippen molar-refractivity contribution in [3.63, 3.8) is 0 Å². The van der Waals surface area contributed by atoms with E-state index in [9.17, 15) is 13.2 Å². The Morgan fingerprint density at radius 3 is 2.32 bits per heavy atom. The van der Waals surface area contributed by atoms with Crippen LogP contribution in [0.2, 0.25) is 0 Å². The van der Waals surface area contributed by atoms with Gasteiger partial charge in [-0.3, -0.25) is 9.52 Å². The molecule has 0 aromatic heterocycles. The molecule has 3 aromatic carbocycles. The highest BCUT2D eigenvalue weighted by atomic mass is 32.2. The number of hydrogen-bond acceptors (Lipinski definition) is 6. The van der Waals surface area contributed by atoms with Crippen LogP contribution in [0.3, 0.4) is 0 Å². The second kappa shape index (κ2) is 11.4. The molecular formula is C25H28N2O6S. The fraction of sp³-hybridized carbons (Fsp3) is 0.240. The number of carbonyl (C=O) groups excluding carboxylic acids is 1. The lowest BCUT2D eigenvalue weighted by atomic mass is 10.2. The topological polar surface area (TPSA) is 103 Å². The van der Waals surface area contributed by atoms with Gasteiger partial charge in [-0.15, -0.1) is 0 Å². The van der Waals surface area contributed by atoms with E-state index in [0.717, 1.165) is 5.75 Å². The van der Waals surface area contributed by atoms with E-state index in [0.29, 0.717) is 41.5 Å². The average Bonchev–Trinajstić information content (AvgIpc) is 2.83. The monoisotopic (exact) mass is 484 g/mol. The molecule has 1 amide bonds. The molecule has 0 heterocycles. The van der Waals surface area contributed by atoms with Gasteiger partial charge in [0.05, 0.1) is 31.4 Å². The molecule has 8 nitrogen and oxygen atoms in total. The summed E-state index contributed by atoms with van der Waals surface area (Å²) in [4.78, 5) is 12.4. The third-order valence-corrected chi connectivity index (χ3v) is 6.50. The number of methoxy groups -OCH3 is 2. The van der Waals surface area contributed by atoms with Crippen molar-refractivity contribution in [3.05, 3.63) is 72.3 Å². The van der Waals surface area contributed by atoms with Crippen molar-refractivity contribution in [1.29, 1.82) is 0 Å². The van der Waals surface area contributed by atoms with E-state index in [-0.39, 0.29) is 17.2 Å².